The molecule has 1 aliphatic rings. The van der Waals surface area contributed by atoms with Crippen LogP contribution in [0.5, 0.6) is 5.75 Å². The van der Waals surface area contributed by atoms with Gasteiger partial charge in [0.15, 0.2) is 0 Å². The van der Waals surface area contributed by atoms with Gasteiger partial charge in [-0.1, -0.05) is 23.3 Å². The molecule has 0 unspecified atom stereocenters. The molecule has 0 aliphatic carbocycles. The number of benzene rings is 1. The Hall–Kier alpha value is -3.45. The Morgan fingerprint density at radius 2 is 2.05 bits per heavy atom. The van der Waals surface area contributed by atoms with Crippen LogP contribution in [0.3, 0.4) is 0 Å². The van der Waals surface area contributed by atoms with Crippen molar-refractivity contribution in [2.75, 3.05) is 12.3 Å². The van der Waals surface area contributed by atoms with Crippen LogP contribution in [0.4, 0.5) is 5.82 Å². The zero-order chi connectivity index (χ0) is 27.2. The summed E-state index contributed by atoms with van der Waals surface area (Å²) in [6.45, 7) is 4.22. The molecule has 1 aliphatic heterocycles. The standard InChI is InChI=1S/C21H28N7O8P/c1-12(2)34-20(30)13(3)26-37(32,36-14-7-5-4-6-8-14)33-11-15-18(29)17(25-27-23)19(35-15)28-10-9-16(22)24-21(28)31/h4-10,12-13,15,17-19,29H,11H2,1-3H3,(H,26,32)(H2,22,24,31)/t13-,15-,17-,18-,19-,37-/m1/s1. The number of hydrogen-bond donors (Lipinski definition) is 3. The second-order valence-corrected chi connectivity index (χ2v) is 10.0. The van der Waals surface area contributed by atoms with Gasteiger partial charge in [0.1, 0.15) is 36.0 Å². The number of nitrogens with zero attached hydrogens (tertiary/aromatic N) is 5. The van der Waals surface area contributed by atoms with Crippen LogP contribution in [-0.2, 0) is 23.4 Å². The lowest BCUT2D eigenvalue weighted by molar-refractivity contribution is -0.149. The molecule has 16 heteroatoms. The lowest BCUT2D eigenvalue weighted by atomic mass is 10.1. The third-order valence-corrected chi connectivity index (χ3v) is 6.73. The van der Waals surface area contributed by atoms with Gasteiger partial charge in [0.2, 0.25) is 0 Å². The molecule has 3 rings (SSSR count). The van der Waals surface area contributed by atoms with Gasteiger partial charge in [-0.15, -0.1) is 0 Å². The molecule has 0 saturated carbocycles. The van der Waals surface area contributed by atoms with Crippen molar-refractivity contribution < 1.29 is 33.0 Å². The maximum absolute atomic E-state index is 13.6. The summed E-state index contributed by atoms with van der Waals surface area (Å²) >= 11 is 0. The highest BCUT2D eigenvalue weighted by atomic mass is 31.2. The molecule has 0 spiro atoms. The van der Waals surface area contributed by atoms with Crippen molar-refractivity contribution in [1.29, 1.82) is 0 Å². The quantitative estimate of drug-likeness (QED) is 0.124. The molecular weight excluding hydrogens is 509 g/mol. The van der Waals surface area contributed by atoms with E-state index in [0.717, 1.165) is 4.57 Å². The van der Waals surface area contributed by atoms with Crippen molar-refractivity contribution in [2.45, 2.75) is 57.4 Å². The van der Waals surface area contributed by atoms with Gasteiger partial charge < -0.3 is 24.8 Å². The highest BCUT2D eigenvalue weighted by molar-refractivity contribution is 7.52. The van der Waals surface area contributed by atoms with Gasteiger partial charge in [0.05, 0.1) is 18.8 Å². The summed E-state index contributed by atoms with van der Waals surface area (Å²) in [5, 5.41) is 16.8. The highest BCUT2D eigenvalue weighted by Gasteiger charge is 2.46. The minimum absolute atomic E-state index is 0.0322. The molecule has 2 heterocycles. The van der Waals surface area contributed by atoms with E-state index in [-0.39, 0.29) is 11.6 Å². The van der Waals surface area contributed by atoms with E-state index < -0.39 is 62.6 Å². The van der Waals surface area contributed by atoms with E-state index in [1.54, 1.807) is 32.0 Å². The maximum Gasteiger partial charge on any atom is 0.459 e. The van der Waals surface area contributed by atoms with Gasteiger partial charge >= 0.3 is 19.4 Å². The highest BCUT2D eigenvalue weighted by Crippen LogP contribution is 2.46. The molecule has 6 atom stereocenters. The van der Waals surface area contributed by atoms with Crippen molar-refractivity contribution in [3.05, 3.63) is 63.5 Å². The van der Waals surface area contributed by atoms with Crippen LogP contribution in [0.15, 0.2) is 52.5 Å². The Labute approximate surface area is 211 Å². The van der Waals surface area contributed by atoms with E-state index in [4.69, 9.17) is 29.8 Å². The Bertz CT molecular complexity index is 1240. The summed E-state index contributed by atoms with van der Waals surface area (Å²) in [6, 6.07) is 7.08. The van der Waals surface area contributed by atoms with E-state index in [0.29, 0.717) is 0 Å². The fraction of sp³-hybridized carbons (Fsp3) is 0.476. The molecule has 0 radical (unpaired) electrons. The summed E-state index contributed by atoms with van der Waals surface area (Å²) in [4.78, 5) is 30.9. The first kappa shape index (κ1) is 28.1. The number of aromatic nitrogens is 2. The molecule has 200 valence electrons. The van der Waals surface area contributed by atoms with Crippen molar-refractivity contribution in [1.82, 2.24) is 14.6 Å². The first-order valence-electron chi connectivity index (χ1n) is 11.2. The van der Waals surface area contributed by atoms with E-state index in [1.807, 2.05) is 0 Å². The average molecular weight is 537 g/mol. The fourth-order valence-corrected chi connectivity index (χ4v) is 4.91. The Morgan fingerprint density at radius 3 is 2.68 bits per heavy atom. The number of nitrogen functional groups attached to an aromatic ring is 1. The number of carbonyl (C=O) groups is 1. The lowest BCUT2D eigenvalue weighted by Crippen LogP contribution is -2.38. The number of carbonyl (C=O) groups excluding carboxylic acids is 1. The van der Waals surface area contributed by atoms with Crippen LogP contribution in [0.1, 0.15) is 27.0 Å². The number of anilines is 1. The number of rotatable bonds is 11. The van der Waals surface area contributed by atoms with E-state index in [9.17, 15) is 19.3 Å². The smallest absolute Gasteiger partial charge is 0.459 e. The average Bonchev–Trinajstić information content (AvgIpc) is 3.13. The molecular formula is C21H28N7O8P. The number of esters is 1. The van der Waals surface area contributed by atoms with Gasteiger partial charge in [-0.25, -0.2) is 9.36 Å². The summed E-state index contributed by atoms with van der Waals surface area (Å²) in [5.74, 6) is -0.540. The van der Waals surface area contributed by atoms with Gasteiger partial charge in [-0.05, 0) is 44.5 Å². The zero-order valence-electron chi connectivity index (χ0n) is 20.3. The van der Waals surface area contributed by atoms with Gasteiger partial charge in [0.25, 0.3) is 0 Å². The Balaban J connectivity index is 1.81. The van der Waals surface area contributed by atoms with Crippen molar-refractivity contribution in [3.63, 3.8) is 0 Å². The normalized spacial score (nSPS) is 23.6. The van der Waals surface area contributed by atoms with Gasteiger partial charge in [-0.3, -0.25) is 13.9 Å². The van der Waals surface area contributed by atoms with E-state index in [1.165, 1.54) is 31.3 Å². The number of nitrogens with one attached hydrogen (secondary N) is 1. The summed E-state index contributed by atoms with van der Waals surface area (Å²) in [7, 11) is -4.26. The maximum atomic E-state index is 13.6. The number of aliphatic hydroxyl groups excluding tert-OH is 1. The van der Waals surface area contributed by atoms with Gasteiger partial charge in [-0.2, -0.15) is 10.1 Å². The number of para-hydroxylation sites is 1. The molecule has 1 fully saturated rings. The second kappa shape index (κ2) is 12.2. The summed E-state index contributed by atoms with van der Waals surface area (Å²) < 4.78 is 36.6. The number of nitrogens with two attached hydrogens (primary N) is 1. The molecule has 0 amide bonds. The first-order valence-corrected chi connectivity index (χ1v) is 12.8. The van der Waals surface area contributed by atoms with Crippen LogP contribution < -0.4 is 21.0 Å². The number of ether oxygens (including phenoxy) is 2. The van der Waals surface area contributed by atoms with Crippen LogP contribution in [0.25, 0.3) is 10.4 Å². The molecule has 1 saturated heterocycles. The number of hydrogen-bond acceptors (Lipinski definition) is 11. The monoisotopic (exact) mass is 537 g/mol. The summed E-state index contributed by atoms with van der Waals surface area (Å²) in [5.41, 5.74) is 13.7. The third kappa shape index (κ3) is 7.29. The van der Waals surface area contributed by atoms with Crippen LogP contribution in [0.2, 0.25) is 0 Å². The molecule has 0 bridgehead atoms. The minimum Gasteiger partial charge on any atom is -0.462 e. The molecule has 1 aromatic heterocycles. The van der Waals surface area contributed by atoms with Gasteiger partial charge in [0, 0.05) is 11.1 Å². The molecule has 37 heavy (non-hydrogen) atoms. The third-order valence-electron chi connectivity index (χ3n) is 5.08. The van der Waals surface area contributed by atoms with Crippen LogP contribution in [0, 0.1) is 0 Å². The van der Waals surface area contributed by atoms with Crippen molar-refractivity contribution in [3.8, 4) is 5.75 Å². The largest absolute Gasteiger partial charge is 0.462 e. The molecule has 4 N–H and O–H groups in total. The molecule has 15 nitrogen and oxygen atoms in total. The van der Waals surface area contributed by atoms with Crippen molar-refractivity contribution in [2.24, 2.45) is 5.11 Å². The lowest BCUT2D eigenvalue weighted by Gasteiger charge is -2.25. The van der Waals surface area contributed by atoms with E-state index in [2.05, 4.69) is 20.1 Å². The zero-order valence-corrected chi connectivity index (χ0v) is 21.2. The van der Waals surface area contributed by atoms with Crippen LogP contribution >= 0.6 is 7.75 Å². The molecule has 1 aromatic carbocycles. The fourth-order valence-electron chi connectivity index (χ4n) is 3.41. The van der Waals surface area contributed by atoms with Crippen LogP contribution in [-0.4, -0.2) is 57.6 Å². The van der Waals surface area contributed by atoms with E-state index >= 15 is 0 Å². The minimum atomic E-state index is -4.26. The van der Waals surface area contributed by atoms with Crippen molar-refractivity contribution >= 4 is 19.5 Å². The number of azide groups is 1. The predicted octanol–water partition coefficient (Wildman–Crippen LogP) is 1.90. The summed E-state index contributed by atoms with van der Waals surface area (Å²) in [6.07, 6.45) is -3.05. The SMILES string of the molecule is CC(C)OC(=O)[C@@H](C)N[P@@](=O)(OC[C@H]1O[C@@H](n2ccc(N)nc2=O)[C@H](N=[N+]=[N-])[C@@H]1O)Oc1ccccc1. The Morgan fingerprint density at radius 1 is 1.35 bits per heavy atom. The Kier molecular flexibility index (Phi) is 9.27. The molecule has 2 aromatic rings. The number of aliphatic hydroxyl groups is 1. The predicted molar refractivity (Wildman–Crippen MR) is 130 cm³/mol. The second-order valence-electron chi connectivity index (χ2n) is 8.33. The topological polar surface area (TPSA) is 213 Å². The first-order chi connectivity index (χ1) is 17.5.